The molecule has 32 heavy (non-hydrogen) atoms. The molecule has 0 saturated carbocycles. The summed E-state index contributed by atoms with van der Waals surface area (Å²) in [5, 5.41) is 19.7. The van der Waals surface area contributed by atoms with Crippen molar-refractivity contribution in [3.63, 3.8) is 0 Å². The van der Waals surface area contributed by atoms with E-state index >= 15 is 0 Å². The fourth-order valence-electron chi connectivity index (χ4n) is 4.27. The Hall–Kier alpha value is -3.36. The summed E-state index contributed by atoms with van der Waals surface area (Å²) in [4.78, 5) is 40.1. The van der Waals surface area contributed by atoms with Gasteiger partial charge >= 0.3 is 0 Å². The van der Waals surface area contributed by atoms with Crippen LogP contribution in [0.3, 0.4) is 0 Å². The van der Waals surface area contributed by atoms with Crippen LogP contribution in [0.4, 0.5) is 0 Å². The highest BCUT2D eigenvalue weighted by Gasteiger charge is 2.46. The molecule has 1 aromatic heterocycles. The Balaban J connectivity index is 1.43. The van der Waals surface area contributed by atoms with Gasteiger partial charge in [-0.25, -0.2) is 0 Å². The second-order valence-electron chi connectivity index (χ2n) is 9.63. The first-order valence-electron chi connectivity index (χ1n) is 10.8. The lowest BCUT2D eigenvalue weighted by Gasteiger charge is -2.34. The van der Waals surface area contributed by atoms with Crippen molar-refractivity contribution in [1.29, 1.82) is 0 Å². The lowest BCUT2D eigenvalue weighted by atomic mass is 9.92. The number of carbonyl (C=O) groups excluding carboxylic acids is 3. The molecule has 2 saturated heterocycles. The van der Waals surface area contributed by atoms with Gasteiger partial charge < -0.3 is 20.6 Å². The van der Waals surface area contributed by atoms with E-state index in [9.17, 15) is 19.5 Å². The van der Waals surface area contributed by atoms with E-state index in [-0.39, 0.29) is 34.9 Å². The molecule has 9 heteroatoms. The van der Waals surface area contributed by atoms with Crippen LogP contribution in [0, 0.1) is 0 Å². The van der Waals surface area contributed by atoms with Crippen molar-refractivity contribution >= 4 is 17.7 Å². The predicted octanol–water partition coefficient (Wildman–Crippen LogP) is 0.864. The standard InChI is InChI=1S/C23H29N5O4/c1-23(2,3)19-11-17(27(4)26-19)20(30)24-14-10-18-21(31)25-16(22(32)28(18)12-14)9-13-5-7-15(29)8-6-13/h5-8,11,14,16,18,29H,9-10,12H2,1-4H3,(H,24,30)(H,25,31)/t14-,16-,18-/m0/s1. The van der Waals surface area contributed by atoms with Crippen molar-refractivity contribution in [2.75, 3.05) is 6.54 Å². The zero-order valence-electron chi connectivity index (χ0n) is 18.8. The molecule has 3 atom stereocenters. The first kappa shape index (κ1) is 21.9. The monoisotopic (exact) mass is 439 g/mol. The van der Waals surface area contributed by atoms with Gasteiger partial charge in [-0.05, 0) is 30.2 Å². The van der Waals surface area contributed by atoms with Gasteiger partial charge in [-0.15, -0.1) is 0 Å². The Morgan fingerprint density at radius 3 is 2.56 bits per heavy atom. The molecule has 0 radical (unpaired) electrons. The fourth-order valence-corrected chi connectivity index (χ4v) is 4.27. The number of rotatable bonds is 4. The molecule has 9 nitrogen and oxygen atoms in total. The van der Waals surface area contributed by atoms with E-state index in [2.05, 4.69) is 15.7 Å². The summed E-state index contributed by atoms with van der Waals surface area (Å²) in [6.07, 6.45) is 0.717. The number of hydrogen-bond donors (Lipinski definition) is 3. The summed E-state index contributed by atoms with van der Waals surface area (Å²) >= 11 is 0. The molecule has 4 rings (SSSR count). The molecule has 0 bridgehead atoms. The highest BCUT2D eigenvalue weighted by molar-refractivity contribution is 5.98. The van der Waals surface area contributed by atoms with Crippen LogP contribution in [0.15, 0.2) is 30.3 Å². The van der Waals surface area contributed by atoms with Crippen LogP contribution in [-0.4, -0.2) is 62.2 Å². The molecule has 2 aliphatic rings. The molecular weight excluding hydrogens is 410 g/mol. The summed E-state index contributed by atoms with van der Waals surface area (Å²) in [5.41, 5.74) is 1.93. The quantitative estimate of drug-likeness (QED) is 0.654. The SMILES string of the molecule is Cn1nc(C(C)(C)C)cc1C(=O)N[C@H]1C[C@H]2C(=O)N[C@@H](Cc3ccc(O)cc3)C(=O)N2C1. The number of nitrogens with one attached hydrogen (secondary N) is 2. The first-order chi connectivity index (χ1) is 15.0. The minimum absolute atomic E-state index is 0.147. The molecule has 170 valence electrons. The minimum atomic E-state index is -0.663. The molecule has 0 aliphatic carbocycles. The van der Waals surface area contributed by atoms with Gasteiger partial charge in [-0.2, -0.15) is 5.10 Å². The normalized spacial score (nSPS) is 23.1. The van der Waals surface area contributed by atoms with Crippen LogP contribution >= 0.6 is 0 Å². The Kier molecular flexibility index (Phi) is 5.44. The molecule has 1 aromatic carbocycles. The number of amides is 3. The molecule has 2 aromatic rings. The minimum Gasteiger partial charge on any atom is -0.508 e. The number of piperazine rings is 1. The van der Waals surface area contributed by atoms with Gasteiger partial charge in [-0.1, -0.05) is 32.9 Å². The smallest absolute Gasteiger partial charge is 0.269 e. The third-order valence-electron chi connectivity index (χ3n) is 6.09. The van der Waals surface area contributed by atoms with Gasteiger partial charge in [0.05, 0.1) is 5.69 Å². The van der Waals surface area contributed by atoms with Crippen LogP contribution in [-0.2, 0) is 28.5 Å². The van der Waals surface area contributed by atoms with E-state index < -0.39 is 12.1 Å². The van der Waals surface area contributed by atoms with Gasteiger partial charge in [-0.3, -0.25) is 19.1 Å². The number of phenols is 1. The van der Waals surface area contributed by atoms with Crippen LogP contribution in [0.5, 0.6) is 5.75 Å². The Bertz CT molecular complexity index is 1050. The van der Waals surface area contributed by atoms with Gasteiger partial charge in [0.25, 0.3) is 5.91 Å². The van der Waals surface area contributed by atoms with Gasteiger partial charge in [0, 0.05) is 31.5 Å². The molecule has 2 fully saturated rings. The van der Waals surface area contributed by atoms with Crippen molar-refractivity contribution < 1.29 is 19.5 Å². The molecule has 3 amide bonds. The molecular formula is C23H29N5O4. The lowest BCUT2D eigenvalue weighted by Crippen LogP contribution is -2.61. The third kappa shape index (κ3) is 4.19. The van der Waals surface area contributed by atoms with E-state index in [0.717, 1.165) is 11.3 Å². The molecule has 3 heterocycles. The van der Waals surface area contributed by atoms with Gasteiger partial charge in [0.15, 0.2) is 0 Å². The average molecular weight is 440 g/mol. The first-order valence-corrected chi connectivity index (χ1v) is 10.8. The number of aromatic nitrogens is 2. The third-order valence-corrected chi connectivity index (χ3v) is 6.09. The number of nitrogens with zero attached hydrogens (tertiary/aromatic N) is 3. The molecule has 3 N–H and O–H groups in total. The predicted molar refractivity (Wildman–Crippen MR) is 117 cm³/mol. The van der Waals surface area contributed by atoms with Crippen molar-refractivity contribution in [1.82, 2.24) is 25.3 Å². The largest absolute Gasteiger partial charge is 0.508 e. The average Bonchev–Trinajstić information content (AvgIpc) is 3.31. The lowest BCUT2D eigenvalue weighted by molar-refractivity contribution is -0.147. The second kappa shape index (κ2) is 7.96. The van der Waals surface area contributed by atoms with Crippen molar-refractivity contribution in [3.8, 4) is 5.75 Å². The summed E-state index contributed by atoms with van der Waals surface area (Å²) in [6, 6.07) is 6.79. The molecule has 2 aliphatic heterocycles. The molecule has 0 spiro atoms. The summed E-state index contributed by atoms with van der Waals surface area (Å²) in [6.45, 7) is 6.39. The van der Waals surface area contributed by atoms with Crippen LogP contribution < -0.4 is 10.6 Å². The zero-order valence-corrected chi connectivity index (χ0v) is 18.8. The maximum absolute atomic E-state index is 13.0. The summed E-state index contributed by atoms with van der Waals surface area (Å²) in [5.74, 6) is -0.488. The highest BCUT2D eigenvalue weighted by Crippen LogP contribution is 2.25. The van der Waals surface area contributed by atoms with Crippen LogP contribution in [0.1, 0.15) is 48.9 Å². The maximum atomic E-state index is 13.0. The number of fused-ring (bicyclic) bond motifs is 1. The highest BCUT2D eigenvalue weighted by atomic mass is 16.3. The number of hydrogen-bond acceptors (Lipinski definition) is 5. The van der Waals surface area contributed by atoms with E-state index in [1.165, 1.54) is 0 Å². The zero-order chi connectivity index (χ0) is 23.2. The van der Waals surface area contributed by atoms with Crippen molar-refractivity contribution in [2.45, 2.75) is 57.2 Å². The Labute approximate surface area is 186 Å². The Morgan fingerprint density at radius 1 is 1.25 bits per heavy atom. The topological polar surface area (TPSA) is 117 Å². The van der Waals surface area contributed by atoms with Gasteiger partial charge in [0.1, 0.15) is 23.5 Å². The molecule has 0 unspecified atom stereocenters. The number of carbonyl (C=O) groups is 3. The van der Waals surface area contributed by atoms with Crippen LogP contribution in [0.25, 0.3) is 0 Å². The second-order valence-corrected chi connectivity index (χ2v) is 9.63. The van der Waals surface area contributed by atoms with Crippen LogP contribution in [0.2, 0.25) is 0 Å². The number of aromatic hydroxyl groups is 1. The van der Waals surface area contributed by atoms with E-state index in [1.807, 2.05) is 20.8 Å². The number of benzene rings is 1. The van der Waals surface area contributed by atoms with Crippen molar-refractivity contribution in [2.24, 2.45) is 7.05 Å². The van der Waals surface area contributed by atoms with Gasteiger partial charge in [0.2, 0.25) is 11.8 Å². The maximum Gasteiger partial charge on any atom is 0.269 e. The van der Waals surface area contributed by atoms with E-state index in [4.69, 9.17) is 0 Å². The van der Waals surface area contributed by atoms with E-state index in [1.54, 1.807) is 47.0 Å². The van der Waals surface area contributed by atoms with E-state index in [0.29, 0.717) is 25.1 Å². The Morgan fingerprint density at radius 2 is 1.94 bits per heavy atom. The fraction of sp³-hybridized carbons (Fsp3) is 0.478. The summed E-state index contributed by atoms with van der Waals surface area (Å²) in [7, 11) is 1.73. The summed E-state index contributed by atoms with van der Waals surface area (Å²) < 4.78 is 1.56. The van der Waals surface area contributed by atoms with Crippen molar-refractivity contribution in [3.05, 3.63) is 47.3 Å². The number of phenolic OH excluding ortho intramolecular Hbond substituents is 1. The number of aryl methyl sites for hydroxylation is 1.